The second kappa shape index (κ2) is 9.06. The van der Waals surface area contributed by atoms with Gasteiger partial charge >= 0.3 is 6.03 Å². The molecule has 0 aliphatic rings. The molecule has 1 aromatic heterocycles. The van der Waals surface area contributed by atoms with Gasteiger partial charge in [-0.3, -0.25) is 0 Å². The highest BCUT2D eigenvalue weighted by Crippen LogP contribution is 2.14. The SMILES string of the molecule is O=C(NCCNc1ccc2ccccc2n1)NCCc1ccc(Cl)cc1. The van der Waals surface area contributed by atoms with Gasteiger partial charge in [-0.25, -0.2) is 9.78 Å². The molecule has 134 valence electrons. The second-order valence-electron chi connectivity index (χ2n) is 5.88. The number of benzene rings is 2. The molecule has 0 aliphatic heterocycles. The normalized spacial score (nSPS) is 10.5. The number of amides is 2. The minimum atomic E-state index is -0.174. The number of para-hydroxylation sites is 1. The van der Waals surface area contributed by atoms with Crippen LogP contribution in [-0.2, 0) is 6.42 Å². The molecule has 3 rings (SSSR count). The van der Waals surface area contributed by atoms with Crippen LogP contribution >= 0.6 is 11.6 Å². The van der Waals surface area contributed by atoms with Crippen LogP contribution in [0.15, 0.2) is 60.7 Å². The number of hydrogen-bond donors (Lipinski definition) is 3. The van der Waals surface area contributed by atoms with Gasteiger partial charge in [0, 0.05) is 30.0 Å². The van der Waals surface area contributed by atoms with Crippen LogP contribution in [-0.4, -0.2) is 30.6 Å². The first-order valence-corrected chi connectivity index (χ1v) is 8.94. The number of rotatable bonds is 7. The number of anilines is 1. The molecule has 26 heavy (non-hydrogen) atoms. The van der Waals surface area contributed by atoms with Crippen molar-refractivity contribution >= 4 is 34.4 Å². The van der Waals surface area contributed by atoms with Gasteiger partial charge in [0.05, 0.1) is 5.52 Å². The number of carbonyl (C=O) groups is 1. The fourth-order valence-corrected chi connectivity index (χ4v) is 2.69. The van der Waals surface area contributed by atoms with E-state index in [1.54, 1.807) is 0 Å². The van der Waals surface area contributed by atoms with Gasteiger partial charge in [0.25, 0.3) is 0 Å². The number of nitrogens with zero attached hydrogens (tertiary/aromatic N) is 1. The number of carbonyl (C=O) groups excluding carboxylic acids is 1. The largest absolute Gasteiger partial charge is 0.368 e. The first-order valence-electron chi connectivity index (χ1n) is 8.56. The van der Waals surface area contributed by atoms with Gasteiger partial charge in [0.15, 0.2) is 0 Å². The van der Waals surface area contributed by atoms with E-state index >= 15 is 0 Å². The lowest BCUT2D eigenvalue weighted by molar-refractivity contribution is 0.241. The van der Waals surface area contributed by atoms with Crippen molar-refractivity contribution in [3.63, 3.8) is 0 Å². The molecule has 0 bridgehead atoms. The van der Waals surface area contributed by atoms with E-state index in [0.29, 0.717) is 24.7 Å². The second-order valence-corrected chi connectivity index (χ2v) is 6.31. The summed E-state index contributed by atoms with van der Waals surface area (Å²) in [5, 5.41) is 10.7. The number of hydrogen-bond acceptors (Lipinski definition) is 3. The van der Waals surface area contributed by atoms with Gasteiger partial charge in [-0.05, 0) is 42.3 Å². The van der Waals surface area contributed by atoms with Crippen molar-refractivity contribution in [3.05, 3.63) is 71.2 Å². The maximum absolute atomic E-state index is 11.8. The summed E-state index contributed by atoms with van der Waals surface area (Å²) >= 11 is 5.85. The molecule has 1 heterocycles. The predicted octanol–water partition coefficient (Wildman–Crippen LogP) is 3.84. The summed E-state index contributed by atoms with van der Waals surface area (Å²) in [6.45, 7) is 1.70. The van der Waals surface area contributed by atoms with Crippen molar-refractivity contribution in [2.75, 3.05) is 25.0 Å². The van der Waals surface area contributed by atoms with Crippen LogP contribution in [0.3, 0.4) is 0 Å². The highest BCUT2D eigenvalue weighted by Gasteiger charge is 2.01. The third-order valence-corrected chi connectivity index (χ3v) is 4.18. The molecule has 0 atom stereocenters. The summed E-state index contributed by atoms with van der Waals surface area (Å²) in [6.07, 6.45) is 0.768. The van der Waals surface area contributed by atoms with Crippen molar-refractivity contribution in [1.82, 2.24) is 15.6 Å². The predicted molar refractivity (Wildman–Crippen MR) is 107 cm³/mol. The number of aromatic nitrogens is 1. The topological polar surface area (TPSA) is 66.0 Å². The van der Waals surface area contributed by atoms with E-state index in [1.165, 1.54) is 0 Å². The number of halogens is 1. The molecule has 3 aromatic rings. The first-order chi connectivity index (χ1) is 12.7. The Balaban J connectivity index is 1.33. The minimum Gasteiger partial charge on any atom is -0.368 e. The average Bonchev–Trinajstić information content (AvgIpc) is 2.67. The lowest BCUT2D eigenvalue weighted by Gasteiger charge is -2.09. The van der Waals surface area contributed by atoms with Crippen LogP contribution in [0.2, 0.25) is 5.02 Å². The van der Waals surface area contributed by atoms with Crippen LogP contribution in [0, 0.1) is 0 Å². The van der Waals surface area contributed by atoms with E-state index in [2.05, 4.69) is 20.9 Å². The number of fused-ring (bicyclic) bond motifs is 1. The Morgan fingerprint density at radius 3 is 2.50 bits per heavy atom. The maximum atomic E-state index is 11.8. The monoisotopic (exact) mass is 368 g/mol. The zero-order chi connectivity index (χ0) is 18.2. The van der Waals surface area contributed by atoms with Crippen LogP contribution < -0.4 is 16.0 Å². The van der Waals surface area contributed by atoms with Gasteiger partial charge in [0.2, 0.25) is 0 Å². The van der Waals surface area contributed by atoms with E-state index in [4.69, 9.17) is 11.6 Å². The molecular formula is C20H21ClN4O. The summed E-state index contributed by atoms with van der Waals surface area (Å²) in [5.74, 6) is 0.800. The van der Waals surface area contributed by atoms with Gasteiger partial charge in [-0.15, -0.1) is 0 Å². The first kappa shape index (κ1) is 18.0. The van der Waals surface area contributed by atoms with Gasteiger partial charge < -0.3 is 16.0 Å². The van der Waals surface area contributed by atoms with Crippen LogP contribution in [0.1, 0.15) is 5.56 Å². The summed E-state index contributed by atoms with van der Waals surface area (Å²) in [5.41, 5.74) is 2.09. The lowest BCUT2D eigenvalue weighted by atomic mass is 10.1. The molecular weight excluding hydrogens is 348 g/mol. The molecule has 0 radical (unpaired) electrons. The van der Waals surface area contributed by atoms with E-state index in [1.807, 2.05) is 60.7 Å². The van der Waals surface area contributed by atoms with E-state index in [0.717, 1.165) is 28.7 Å². The van der Waals surface area contributed by atoms with E-state index in [-0.39, 0.29) is 6.03 Å². The molecule has 0 aliphatic carbocycles. The molecule has 0 saturated carbocycles. The third-order valence-electron chi connectivity index (χ3n) is 3.93. The van der Waals surface area contributed by atoms with Gasteiger partial charge in [0.1, 0.15) is 5.82 Å². The molecule has 2 aromatic carbocycles. The fraction of sp³-hybridized carbons (Fsp3) is 0.200. The van der Waals surface area contributed by atoms with Crippen molar-refractivity contribution in [1.29, 1.82) is 0 Å². The summed E-state index contributed by atoms with van der Waals surface area (Å²) < 4.78 is 0. The molecule has 3 N–H and O–H groups in total. The zero-order valence-corrected chi connectivity index (χ0v) is 15.1. The van der Waals surface area contributed by atoms with Gasteiger partial charge in [-0.1, -0.05) is 41.9 Å². The number of pyridine rings is 1. The Hall–Kier alpha value is -2.79. The van der Waals surface area contributed by atoms with Crippen LogP contribution in [0.4, 0.5) is 10.6 Å². The van der Waals surface area contributed by atoms with E-state index in [9.17, 15) is 4.79 Å². The molecule has 0 spiro atoms. The van der Waals surface area contributed by atoms with Crippen molar-refractivity contribution < 1.29 is 4.79 Å². The van der Waals surface area contributed by atoms with Crippen molar-refractivity contribution in [3.8, 4) is 0 Å². The third kappa shape index (κ3) is 5.36. The Morgan fingerprint density at radius 2 is 1.65 bits per heavy atom. The smallest absolute Gasteiger partial charge is 0.314 e. The molecule has 6 heteroatoms. The summed E-state index contributed by atoms with van der Waals surface area (Å²) in [6, 6.07) is 19.4. The summed E-state index contributed by atoms with van der Waals surface area (Å²) in [7, 11) is 0. The van der Waals surface area contributed by atoms with Crippen molar-refractivity contribution in [2.24, 2.45) is 0 Å². The molecule has 2 amide bonds. The van der Waals surface area contributed by atoms with Gasteiger partial charge in [-0.2, -0.15) is 0 Å². The molecule has 0 fully saturated rings. The molecule has 0 saturated heterocycles. The quantitative estimate of drug-likeness (QED) is 0.555. The average molecular weight is 369 g/mol. The zero-order valence-electron chi connectivity index (χ0n) is 14.3. The Kier molecular flexibility index (Phi) is 6.28. The minimum absolute atomic E-state index is 0.174. The number of urea groups is 1. The fourth-order valence-electron chi connectivity index (χ4n) is 2.57. The molecule has 5 nitrogen and oxygen atoms in total. The van der Waals surface area contributed by atoms with Crippen LogP contribution in [0.5, 0.6) is 0 Å². The lowest BCUT2D eigenvalue weighted by Crippen LogP contribution is -2.38. The summed E-state index contributed by atoms with van der Waals surface area (Å²) in [4.78, 5) is 16.3. The Morgan fingerprint density at radius 1 is 0.885 bits per heavy atom. The highest BCUT2D eigenvalue weighted by atomic mass is 35.5. The highest BCUT2D eigenvalue weighted by molar-refractivity contribution is 6.30. The van der Waals surface area contributed by atoms with Crippen molar-refractivity contribution in [2.45, 2.75) is 6.42 Å². The standard InChI is InChI=1S/C20H21ClN4O/c21-17-8-5-15(6-9-17)11-12-23-20(26)24-14-13-22-19-10-7-16-3-1-2-4-18(16)25-19/h1-10H,11-14H2,(H,22,25)(H2,23,24,26). The maximum Gasteiger partial charge on any atom is 0.314 e. The Bertz CT molecular complexity index is 867. The number of nitrogens with one attached hydrogen (secondary N) is 3. The molecule has 0 unspecified atom stereocenters. The van der Waals surface area contributed by atoms with Crippen LogP contribution in [0.25, 0.3) is 10.9 Å². The Labute approximate surface area is 157 Å². The van der Waals surface area contributed by atoms with E-state index < -0.39 is 0 Å².